The molecule has 0 spiro atoms. The van der Waals surface area contributed by atoms with Gasteiger partial charge < -0.3 is 0 Å². The van der Waals surface area contributed by atoms with Crippen molar-refractivity contribution in [2.24, 2.45) is 11.8 Å². The van der Waals surface area contributed by atoms with Crippen molar-refractivity contribution in [3.8, 4) is 0 Å². The lowest BCUT2D eigenvalue weighted by atomic mass is 9.89. The molecule has 78 valence electrons. The van der Waals surface area contributed by atoms with Gasteiger partial charge in [-0.25, -0.2) is 0 Å². The van der Waals surface area contributed by atoms with Crippen molar-refractivity contribution in [2.75, 3.05) is 13.1 Å². The smallest absolute Gasteiger partial charge is 0.0589 e. The van der Waals surface area contributed by atoms with Gasteiger partial charge in [0.05, 0.1) is 4.05 Å². The maximum absolute atomic E-state index is 2.61. The Hall–Kier alpha value is 0.690. The second-order valence-electron chi connectivity index (χ2n) is 4.54. The van der Waals surface area contributed by atoms with Crippen LogP contribution < -0.4 is 0 Å². The summed E-state index contributed by atoms with van der Waals surface area (Å²) in [6.07, 6.45) is 4.25. The maximum Gasteiger partial charge on any atom is 0.0589 e. The number of alkyl halides is 1. The molecule has 1 fully saturated rings. The highest BCUT2D eigenvalue weighted by atomic mass is 127. The molecule has 1 saturated heterocycles. The average Bonchev–Trinajstić information content (AvgIpc) is 2.27. The van der Waals surface area contributed by atoms with E-state index in [2.05, 4.69) is 48.3 Å². The molecule has 0 aromatic heterocycles. The quantitative estimate of drug-likeness (QED) is 0.428. The van der Waals surface area contributed by atoms with Crippen LogP contribution in [0, 0.1) is 11.8 Å². The molecule has 1 rings (SSSR count). The van der Waals surface area contributed by atoms with E-state index in [1.54, 1.807) is 0 Å². The van der Waals surface area contributed by atoms with Crippen LogP contribution in [0.25, 0.3) is 0 Å². The minimum atomic E-state index is 0.712. The predicted molar refractivity (Wildman–Crippen MR) is 67.2 cm³/mol. The van der Waals surface area contributed by atoms with Gasteiger partial charge in [0.25, 0.3) is 0 Å². The number of nitrogens with zero attached hydrogens (tertiary/aromatic N) is 1. The summed E-state index contributed by atoms with van der Waals surface area (Å²) in [7, 11) is 0. The van der Waals surface area contributed by atoms with Crippen LogP contribution in [0.15, 0.2) is 0 Å². The Morgan fingerprint density at radius 1 is 1.15 bits per heavy atom. The third-order valence-electron chi connectivity index (χ3n) is 3.25. The Morgan fingerprint density at radius 3 is 2.38 bits per heavy atom. The molecule has 1 nitrogen and oxygen atoms in total. The Kier molecular flexibility index (Phi) is 5.01. The van der Waals surface area contributed by atoms with Crippen molar-refractivity contribution in [2.45, 2.75) is 44.1 Å². The lowest BCUT2D eigenvalue weighted by Crippen LogP contribution is -2.29. The number of hydrogen-bond acceptors (Lipinski definition) is 1. The van der Waals surface area contributed by atoms with E-state index in [4.69, 9.17) is 0 Å². The number of likely N-dealkylation sites (tertiary alicyclic amines) is 1. The fourth-order valence-electron chi connectivity index (χ4n) is 2.17. The molecule has 1 heterocycles. The zero-order valence-electron chi connectivity index (χ0n) is 9.09. The lowest BCUT2D eigenvalue weighted by Gasteiger charge is -2.23. The zero-order valence-corrected chi connectivity index (χ0v) is 11.3. The molecular weight excluding hydrogens is 273 g/mol. The van der Waals surface area contributed by atoms with E-state index in [0.717, 1.165) is 11.8 Å². The van der Waals surface area contributed by atoms with Crippen LogP contribution in [0.4, 0.5) is 0 Å². The molecule has 0 radical (unpaired) electrons. The van der Waals surface area contributed by atoms with Crippen LogP contribution in [0.2, 0.25) is 0 Å². The highest BCUT2D eigenvalue weighted by molar-refractivity contribution is 14.1. The molecule has 0 aromatic carbocycles. The summed E-state index contributed by atoms with van der Waals surface area (Å²) in [6.45, 7) is 9.66. The Bertz CT molecular complexity index is 129. The molecule has 2 unspecified atom stereocenters. The second-order valence-corrected chi connectivity index (χ2v) is 6.35. The van der Waals surface area contributed by atoms with Gasteiger partial charge in [0.15, 0.2) is 0 Å². The molecule has 1 aliphatic rings. The average molecular weight is 295 g/mol. The molecule has 1 aliphatic heterocycles. The van der Waals surface area contributed by atoms with Gasteiger partial charge in [-0.1, -0.05) is 36.4 Å². The van der Waals surface area contributed by atoms with Crippen LogP contribution >= 0.6 is 22.6 Å². The van der Waals surface area contributed by atoms with Gasteiger partial charge in [-0.2, -0.15) is 0 Å². The first-order chi connectivity index (χ1) is 6.11. The van der Waals surface area contributed by atoms with Crippen LogP contribution in [-0.2, 0) is 0 Å². The molecule has 0 amide bonds. The molecule has 0 aliphatic carbocycles. The van der Waals surface area contributed by atoms with Crippen molar-refractivity contribution in [1.29, 1.82) is 0 Å². The van der Waals surface area contributed by atoms with Crippen LogP contribution in [0.1, 0.15) is 40.0 Å². The summed E-state index contributed by atoms with van der Waals surface area (Å²) in [4.78, 5) is 2.61. The van der Waals surface area contributed by atoms with Gasteiger partial charge in [0.1, 0.15) is 0 Å². The van der Waals surface area contributed by atoms with E-state index in [1.807, 2.05) is 0 Å². The number of halogens is 1. The van der Waals surface area contributed by atoms with Gasteiger partial charge >= 0.3 is 0 Å². The Balaban J connectivity index is 2.39. The Morgan fingerprint density at radius 2 is 1.85 bits per heavy atom. The standard InChI is InChI=1S/C11H22IN/c1-9(2)11-5-4-7-13(8-6-11)10(3)12/h9-11H,4-8H2,1-3H3. The largest absolute Gasteiger partial charge is 0.292 e. The molecule has 13 heavy (non-hydrogen) atoms. The van der Waals surface area contributed by atoms with Crippen molar-refractivity contribution in [1.82, 2.24) is 4.90 Å². The van der Waals surface area contributed by atoms with Gasteiger partial charge in [-0.3, -0.25) is 4.90 Å². The third kappa shape index (κ3) is 3.74. The van der Waals surface area contributed by atoms with Crippen LogP contribution in [0.3, 0.4) is 0 Å². The summed E-state index contributed by atoms with van der Waals surface area (Å²) in [6, 6.07) is 0. The number of rotatable bonds is 2. The molecule has 2 heteroatoms. The summed E-state index contributed by atoms with van der Waals surface area (Å²) >= 11 is 2.53. The minimum absolute atomic E-state index is 0.712. The first kappa shape index (κ1) is 11.8. The van der Waals surface area contributed by atoms with Crippen LogP contribution in [-0.4, -0.2) is 22.0 Å². The van der Waals surface area contributed by atoms with E-state index in [0.29, 0.717) is 4.05 Å². The van der Waals surface area contributed by atoms with Crippen molar-refractivity contribution in [3.63, 3.8) is 0 Å². The normalized spacial score (nSPS) is 28.8. The molecule has 0 bridgehead atoms. The number of hydrogen-bond donors (Lipinski definition) is 0. The molecular formula is C11H22IN. The highest BCUT2D eigenvalue weighted by Crippen LogP contribution is 2.26. The molecule has 0 saturated carbocycles. The fraction of sp³-hybridized carbons (Fsp3) is 1.00. The van der Waals surface area contributed by atoms with Crippen LogP contribution in [0.5, 0.6) is 0 Å². The highest BCUT2D eigenvalue weighted by Gasteiger charge is 2.20. The summed E-state index contributed by atoms with van der Waals surface area (Å²) < 4.78 is 0.712. The first-order valence-electron chi connectivity index (χ1n) is 5.49. The lowest BCUT2D eigenvalue weighted by molar-refractivity contribution is 0.274. The first-order valence-corrected chi connectivity index (χ1v) is 6.74. The van der Waals surface area contributed by atoms with Crippen molar-refractivity contribution < 1.29 is 0 Å². The molecule has 2 atom stereocenters. The second kappa shape index (κ2) is 5.54. The fourth-order valence-corrected chi connectivity index (χ4v) is 2.72. The van der Waals surface area contributed by atoms with Crippen molar-refractivity contribution in [3.05, 3.63) is 0 Å². The predicted octanol–water partition coefficient (Wildman–Crippen LogP) is 3.53. The topological polar surface area (TPSA) is 3.24 Å². The van der Waals surface area contributed by atoms with E-state index in [-0.39, 0.29) is 0 Å². The molecule has 0 N–H and O–H groups in total. The van der Waals surface area contributed by atoms with E-state index in [9.17, 15) is 0 Å². The summed E-state index contributed by atoms with van der Waals surface area (Å²) in [5.41, 5.74) is 0. The summed E-state index contributed by atoms with van der Waals surface area (Å²) in [5.74, 6) is 1.85. The SMILES string of the molecule is CC(C)C1CCCN(C(C)I)CC1. The van der Waals surface area contributed by atoms with Gasteiger partial charge in [0.2, 0.25) is 0 Å². The third-order valence-corrected chi connectivity index (χ3v) is 4.04. The Labute approximate surface area is 96.4 Å². The van der Waals surface area contributed by atoms with Gasteiger partial charge in [0, 0.05) is 0 Å². The van der Waals surface area contributed by atoms with E-state index >= 15 is 0 Å². The van der Waals surface area contributed by atoms with Gasteiger partial charge in [-0.15, -0.1) is 0 Å². The summed E-state index contributed by atoms with van der Waals surface area (Å²) in [5, 5.41) is 0. The van der Waals surface area contributed by atoms with Crippen molar-refractivity contribution >= 4 is 22.6 Å². The van der Waals surface area contributed by atoms with Gasteiger partial charge in [-0.05, 0) is 51.1 Å². The molecule has 0 aromatic rings. The van der Waals surface area contributed by atoms with E-state index in [1.165, 1.54) is 32.4 Å². The zero-order chi connectivity index (χ0) is 9.84. The minimum Gasteiger partial charge on any atom is -0.292 e. The maximum atomic E-state index is 2.61. The van der Waals surface area contributed by atoms with E-state index < -0.39 is 0 Å². The monoisotopic (exact) mass is 295 g/mol.